The largest absolute Gasteiger partial charge is 0.456 e. The SMILES string of the molecule is CC(C)c1ccc(N(c2ccc3cc4c(cc3c2)oc2ccc3oc5cc6cc(N(c7ccc(C(C)C)cc7)c7ccc8c(c7)oc7ccccc78)ccc6cc5c3c24)c2ccc3c(c2)oc2ccccc23)cc1. The summed E-state index contributed by atoms with van der Waals surface area (Å²) >= 11 is 0. The Bertz CT molecular complexity index is 4440. The number of anilines is 6. The molecule has 6 nitrogen and oxygen atoms in total. The summed E-state index contributed by atoms with van der Waals surface area (Å²) < 4.78 is 26.3. The van der Waals surface area contributed by atoms with Crippen molar-refractivity contribution >= 4 is 143 Å². The molecule has 0 aliphatic heterocycles. The lowest BCUT2D eigenvalue weighted by Crippen LogP contribution is -2.10. The quantitative estimate of drug-likeness (QED) is 0.151. The highest BCUT2D eigenvalue weighted by atomic mass is 16.3. The van der Waals surface area contributed by atoms with Gasteiger partial charge in [-0.2, -0.15) is 0 Å². The molecule has 0 saturated carbocycles. The molecule has 6 heteroatoms. The Labute approximate surface area is 425 Å². The first-order valence-electron chi connectivity index (χ1n) is 25.6. The van der Waals surface area contributed by atoms with E-state index in [2.05, 4.69) is 207 Å². The van der Waals surface area contributed by atoms with Crippen LogP contribution in [0.5, 0.6) is 0 Å². The van der Waals surface area contributed by atoms with Gasteiger partial charge in [0.2, 0.25) is 0 Å². The second-order valence-electron chi connectivity index (χ2n) is 20.5. The lowest BCUT2D eigenvalue weighted by atomic mass is 10.00. The molecule has 354 valence electrons. The highest BCUT2D eigenvalue weighted by Crippen LogP contribution is 2.46. The Morgan fingerprint density at radius 1 is 0.257 bits per heavy atom. The van der Waals surface area contributed by atoms with E-state index in [0.29, 0.717) is 11.8 Å². The van der Waals surface area contributed by atoms with Crippen LogP contribution in [0.3, 0.4) is 0 Å². The molecule has 0 aliphatic rings. The van der Waals surface area contributed by atoms with Gasteiger partial charge in [0.1, 0.15) is 44.7 Å². The van der Waals surface area contributed by atoms with Crippen LogP contribution in [0.4, 0.5) is 34.1 Å². The van der Waals surface area contributed by atoms with Crippen molar-refractivity contribution < 1.29 is 17.7 Å². The number of furan rings is 4. The molecule has 4 heterocycles. The average Bonchev–Trinajstić information content (AvgIpc) is 4.19. The Balaban J connectivity index is 0.840. The van der Waals surface area contributed by atoms with Gasteiger partial charge >= 0.3 is 0 Å². The summed E-state index contributed by atoms with van der Waals surface area (Å²) in [6.07, 6.45) is 0. The number of fused-ring (bicyclic) bond motifs is 15. The molecule has 0 unspecified atom stereocenters. The van der Waals surface area contributed by atoms with Crippen molar-refractivity contribution in [3.8, 4) is 0 Å². The first-order valence-corrected chi connectivity index (χ1v) is 25.6. The van der Waals surface area contributed by atoms with Crippen LogP contribution in [0.25, 0.3) is 109 Å². The molecular weight excluding hydrogens is 909 g/mol. The van der Waals surface area contributed by atoms with Crippen LogP contribution in [0.15, 0.2) is 224 Å². The highest BCUT2D eigenvalue weighted by Gasteiger charge is 2.22. The Morgan fingerprint density at radius 3 is 1.04 bits per heavy atom. The Hall–Kier alpha value is -9.26. The zero-order valence-corrected chi connectivity index (χ0v) is 41.3. The summed E-state index contributed by atoms with van der Waals surface area (Å²) in [5, 5.41) is 13.1. The summed E-state index contributed by atoms with van der Waals surface area (Å²) in [5.41, 5.74) is 15.7. The minimum atomic E-state index is 0.429. The van der Waals surface area contributed by atoms with Crippen LogP contribution in [-0.2, 0) is 0 Å². The predicted molar refractivity (Wildman–Crippen MR) is 308 cm³/mol. The topological polar surface area (TPSA) is 59.0 Å². The van der Waals surface area contributed by atoms with E-state index in [1.807, 2.05) is 36.4 Å². The predicted octanol–water partition coefficient (Wildman–Crippen LogP) is 20.8. The molecule has 74 heavy (non-hydrogen) atoms. The number of para-hydroxylation sites is 2. The van der Waals surface area contributed by atoms with Gasteiger partial charge in [0.05, 0.1) is 0 Å². The molecule has 0 radical (unpaired) electrons. The van der Waals surface area contributed by atoms with Crippen molar-refractivity contribution in [2.75, 3.05) is 9.80 Å². The maximum Gasteiger partial charge on any atom is 0.137 e. The molecule has 0 bridgehead atoms. The molecule has 0 fully saturated rings. The molecule has 0 aliphatic carbocycles. The van der Waals surface area contributed by atoms with Crippen LogP contribution in [-0.4, -0.2) is 0 Å². The fourth-order valence-corrected chi connectivity index (χ4v) is 11.5. The molecule has 4 aromatic heterocycles. The zero-order valence-electron chi connectivity index (χ0n) is 41.3. The summed E-state index contributed by atoms with van der Waals surface area (Å²) in [5.74, 6) is 0.858. The van der Waals surface area contributed by atoms with E-state index in [9.17, 15) is 0 Å². The van der Waals surface area contributed by atoms with Crippen LogP contribution in [0.2, 0.25) is 0 Å². The van der Waals surface area contributed by atoms with Gasteiger partial charge < -0.3 is 27.5 Å². The zero-order chi connectivity index (χ0) is 49.3. The Morgan fingerprint density at radius 2 is 0.608 bits per heavy atom. The van der Waals surface area contributed by atoms with Gasteiger partial charge in [-0.3, -0.25) is 0 Å². The van der Waals surface area contributed by atoms with E-state index >= 15 is 0 Å². The molecule has 11 aromatic carbocycles. The first-order chi connectivity index (χ1) is 36.3. The van der Waals surface area contributed by atoms with Gasteiger partial charge in [0, 0.05) is 89.3 Å². The van der Waals surface area contributed by atoms with E-state index in [0.717, 1.165) is 143 Å². The number of nitrogens with zero attached hydrogens (tertiary/aromatic N) is 2. The molecule has 0 saturated heterocycles. The van der Waals surface area contributed by atoms with Gasteiger partial charge in [0.15, 0.2) is 0 Å². The smallest absolute Gasteiger partial charge is 0.137 e. The fraction of sp³-hybridized carbons (Fsp3) is 0.0882. The van der Waals surface area contributed by atoms with Crippen LogP contribution in [0, 0.1) is 0 Å². The minimum absolute atomic E-state index is 0.429. The van der Waals surface area contributed by atoms with Crippen molar-refractivity contribution in [3.05, 3.63) is 217 Å². The van der Waals surface area contributed by atoms with Gasteiger partial charge in [-0.1, -0.05) is 100 Å². The van der Waals surface area contributed by atoms with Crippen molar-refractivity contribution in [3.63, 3.8) is 0 Å². The van der Waals surface area contributed by atoms with Crippen molar-refractivity contribution in [1.82, 2.24) is 0 Å². The molecule has 15 aromatic rings. The molecule has 0 amide bonds. The molecule has 15 rings (SSSR count). The second-order valence-corrected chi connectivity index (χ2v) is 20.5. The second kappa shape index (κ2) is 16.1. The van der Waals surface area contributed by atoms with E-state index < -0.39 is 0 Å². The normalized spacial score (nSPS) is 12.3. The van der Waals surface area contributed by atoms with Crippen LogP contribution >= 0.6 is 0 Å². The van der Waals surface area contributed by atoms with Gasteiger partial charge in [-0.05, 0) is 166 Å². The van der Waals surface area contributed by atoms with E-state index in [4.69, 9.17) is 17.7 Å². The lowest BCUT2D eigenvalue weighted by Gasteiger charge is -2.26. The van der Waals surface area contributed by atoms with Gasteiger partial charge in [-0.25, -0.2) is 0 Å². The number of hydrogen-bond donors (Lipinski definition) is 0. The monoisotopic (exact) mass is 956 g/mol. The van der Waals surface area contributed by atoms with Gasteiger partial charge in [-0.15, -0.1) is 0 Å². The van der Waals surface area contributed by atoms with Crippen LogP contribution < -0.4 is 9.80 Å². The number of rotatable bonds is 8. The molecular formula is C68H48N2O4. The van der Waals surface area contributed by atoms with Crippen molar-refractivity contribution in [2.24, 2.45) is 0 Å². The molecule has 0 spiro atoms. The summed E-state index contributed by atoms with van der Waals surface area (Å²) in [6.45, 7) is 8.93. The summed E-state index contributed by atoms with van der Waals surface area (Å²) in [7, 11) is 0. The molecule has 0 N–H and O–H groups in total. The average molecular weight is 957 g/mol. The van der Waals surface area contributed by atoms with E-state index in [-0.39, 0.29) is 0 Å². The van der Waals surface area contributed by atoms with Crippen LogP contribution in [0.1, 0.15) is 50.7 Å². The van der Waals surface area contributed by atoms with E-state index in [1.54, 1.807) is 0 Å². The third-order valence-corrected chi connectivity index (χ3v) is 15.3. The summed E-state index contributed by atoms with van der Waals surface area (Å²) in [6, 6.07) is 73.8. The number of hydrogen-bond acceptors (Lipinski definition) is 6. The number of benzene rings is 11. The standard InChI is InChI=1S/C68H48N2O4/c1-39(2)41-13-19-47(20-14-41)69(51-25-27-55-53-9-5-7-11-59(53)71-65(55)37-51)49-23-17-43-33-57-63(35-45(43)31-49)73-61-29-30-62-68(67(57)61)58-34-44-18-24-50(32-46(44)36-64(58)74-62)70(48-21-15-42(16-22-48)40(3)4)52-26-28-56-54-10-6-8-12-60(54)72-66(56)38-52/h5-40H,1-4H3. The Kier molecular flexibility index (Phi) is 9.24. The first kappa shape index (κ1) is 42.4. The van der Waals surface area contributed by atoms with Gasteiger partial charge in [0.25, 0.3) is 0 Å². The van der Waals surface area contributed by atoms with Crippen molar-refractivity contribution in [1.29, 1.82) is 0 Å². The minimum Gasteiger partial charge on any atom is -0.456 e. The third-order valence-electron chi connectivity index (χ3n) is 15.3. The van der Waals surface area contributed by atoms with E-state index in [1.165, 1.54) is 11.1 Å². The maximum absolute atomic E-state index is 6.77. The van der Waals surface area contributed by atoms with Crippen molar-refractivity contribution in [2.45, 2.75) is 39.5 Å². The summed E-state index contributed by atoms with van der Waals surface area (Å²) in [4.78, 5) is 4.63. The molecule has 0 atom stereocenters. The highest BCUT2D eigenvalue weighted by molar-refractivity contribution is 6.28. The lowest BCUT2D eigenvalue weighted by molar-refractivity contribution is 0.663. The third kappa shape index (κ3) is 6.64. The fourth-order valence-electron chi connectivity index (χ4n) is 11.5. The maximum atomic E-state index is 6.77.